The van der Waals surface area contributed by atoms with Gasteiger partial charge in [0, 0.05) is 35.2 Å². The molecule has 1 atom stereocenters. The van der Waals surface area contributed by atoms with Crippen LogP contribution < -0.4 is 15.4 Å². The quantitative estimate of drug-likeness (QED) is 0.695. The van der Waals surface area contributed by atoms with Gasteiger partial charge in [0.2, 0.25) is 0 Å². The van der Waals surface area contributed by atoms with E-state index in [2.05, 4.69) is 4.99 Å². The molecule has 3 aliphatic rings. The van der Waals surface area contributed by atoms with Crippen LogP contribution in [-0.4, -0.2) is 57.5 Å². The van der Waals surface area contributed by atoms with Crippen LogP contribution in [0.5, 0.6) is 5.75 Å². The number of nitrogens with two attached hydrogens (primary N) is 1. The maximum absolute atomic E-state index is 12.4. The number of carbonyl (C=O) groups is 1. The van der Waals surface area contributed by atoms with E-state index in [4.69, 9.17) is 15.2 Å². The summed E-state index contributed by atoms with van der Waals surface area (Å²) in [5.74, 6) is 0.874. The second kappa shape index (κ2) is 8.53. The molecule has 0 radical (unpaired) electrons. The van der Waals surface area contributed by atoms with E-state index in [0.717, 1.165) is 54.7 Å². The molecule has 0 bridgehead atoms. The average Bonchev–Trinajstić information content (AvgIpc) is 2.69. The first-order valence-electron chi connectivity index (χ1n) is 10.7. The number of anilines is 1. The molecule has 4 rings (SSSR count). The van der Waals surface area contributed by atoms with Crippen molar-refractivity contribution in [3.05, 3.63) is 29.5 Å². The highest BCUT2D eigenvalue weighted by molar-refractivity contribution is 7.92. The van der Waals surface area contributed by atoms with Crippen molar-refractivity contribution in [2.45, 2.75) is 57.2 Å². The fraction of sp³-hybridized carbons (Fsp3) is 0.545. The summed E-state index contributed by atoms with van der Waals surface area (Å²) in [4.78, 5) is 18.5. The van der Waals surface area contributed by atoms with Crippen LogP contribution in [0.3, 0.4) is 0 Å². The number of benzene rings is 1. The molecule has 8 nitrogen and oxygen atoms in total. The lowest BCUT2D eigenvalue weighted by atomic mass is 9.91. The zero-order chi connectivity index (χ0) is 22.2. The molecule has 1 aromatic rings. The van der Waals surface area contributed by atoms with E-state index in [-0.39, 0.29) is 29.7 Å². The first-order chi connectivity index (χ1) is 14.8. The normalized spacial score (nSPS) is 23.7. The summed E-state index contributed by atoms with van der Waals surface area (Å²) < 4.78 is 34.3. The van der Waals surface area contributed by atoms with Gasteiger partial charge in [0.25, 0.3) is 0 Å². The Bertz CT molecular complexity index is 1020. The largest absolute Gasteiger partial charge is 0.489 e. The molecule has 2 aliphatic heterocycles. The monoisotopic (exact) mass is 447 g/mol. The van der Waals surface area contributed by atoms with Gasteiger partial charge in [-0.05, 0) is 51.2 Å². The van der Waals surface area contributed by atoms with Gasteiger partial charge in [-0.1, -0.05) is 0 Å². The number of aliphatic imine (C=N–C) groups is 1. The van der Waals surface area contributed by atoms with Crippen molar-refractivity contribution in [3.63, 3.8) is 0 Å². The Morgan fingerprint density at radius 2 is 2.00 bits per heavy atom. The molecule has 0 spiro atoms. The molecule has 0 unspecified atom stereocenters. The Labute approximate surface area is 183 Å². The second-order valence-corrected chi connectivity index (χ2v) is 10.6. The van der Waals surface area contributed by atoms with Crippen LogP contribution in [0.4, 0.5) is 10.5 Å². The molecule has 168 valence electrons. The highest BCUT2D eigenvalue weighted by Gasteiger charge is 2.34. The Morgan fingerprint density at radius 3 is 2.58 bits per heavy atom. The molecule has 2 N–H and O–H groups in total. The summed E-state index contributed by atoms with van der Waals surface area (Å²) >= 11 is 0. The van der Waals surface area contributed by atoms with E-state index in [9.17, 15) is 13.2 Å². The SMILES string of the molecule is COC(=O)N1c2ccc(C(C=NC3CS(=O)(=O)C3)=CN)c(OC3CCC3)c2CC[C@@H]1C. The maximum Gasteiger partial charge on any atom is 0.414 e. The molecule has 1 aliphatic carbocycles. The van der Waals surface area contributed by atoms with Crippen LogP contribution in [0.25, 0.3) is 5.57 Å². The number of ether oxygens (including phenoxy) is 2. The van der Waals surface area contributed by atoms with Gasteiger partial charge in [0.05, 0.1) is 36.4 Å². The molecule has 1 aromatic carbocycles. The van der Waals surface area contributed by atoms with Crippen molar-refractivity contribution in [2.75, 3.05) is 23.5 Å². The van der Waals surface area contributed by atoms with Crippen LogP contribution in [0.2, 0.25) is 0 Å². The number of amides is 1. The third-order valence-corrected chi connectivity index (χ3v) is 8.05. The van der Waals surface area contributed by atoms with E-state index in [0.29, 0.717) is 5.57 Å². The topological polar surface area (TPSA) is 111 Å². The molecule has 1 saturated heterocycles. The van der Waals surface area contributed by atoms with Crippen molar-refractivity contribution < 1.29 is 22.7 Å². The van der Waals surface area contributed by atoms with Crippen LogP contribution >= 0.6 is 0 Å². The lowest BCUT2D eigenvalue weighted by Crippen LogP contribution is -2.42. The number of methoxy groups -OCH3 is 1. The summed E-state index contributed by atoms with van der Waals surface area (Å²) in [6, 6.07) is 3.58. The molecular weight excluding hydrogens is 418 g/mol. The highest BCUT2D eigenvalue weighted by Crippen LogP contribution is 2.43. The van der Waals surface area contributed by atoms with Crippen LogP contribution in [0.15, 0.2) is 23.3 Å². The van der Waals surface area contributed by atoms with Gasteiger partial charge >= 0.3 is 6.09 Å². The number of rotatable bonds is 5. The summed E-state index contributed by atoms with van der Waals surface area (Å²) in [7, 11) is -1.56. The van der Waals surface area contributed by atoms with Crippen LogP contribution in [-0.2, 0) is 21.0 Å². The molecule has 2 heterocycles. The maximum atomic E-state index is 12.4. The van der Waals surface area contributed by atoms with Gasteiger partial charge in [0.1, 0.15) is 5.75 Å². The van der Waals surface area contributed by atoms with Crippen molar-refractivity contribution in [2.24, 2.45) is 10.7 Å². The summed E-state index contributed by atoms with van der Waals surface area (Å²) in [5, 5.41) is 0. The average molecular weight is 448 g/mol. The molecule has 0 aromatic heterocycles. The number of allylic oxidation sites excluding steroid dienone is 1. The predicted octanol–water partition coefficient (Wildman–Crippen LogP) is 2.69. The molecular formula is C22H29N3O5S. The first-order valence-corrected chi connectivity index (χ1v) is 12.5. The van der Waals surface area contributed by atoms with E-state index < -0.39 is 15.9 Å². The number of hydrogen-bond acceptors (Lipinski definition) is 7. The predicted molar refractivity (Wildman–Crippen MR) is 120 cm³/mol. The van der Waals surface area contributed by atoms with Gasteiger partial charge in [-0.15, -0.1) is 0 Å². The van der Waals surface area contributed by atoms with Gasteiger partial charge in [-0.2, -0.15) is 0 Å². The molecule has 1 saturated carbocycles. The number of nitrogens with zero attached hydrogens (tertiary/aromatic N) is 2. The van der Waals surface area contributed by atoms with Gasteiger partial charge in [-0.3, -0.25) is 9.89 Å². The fourth-order valence-corrected chi connectivity index (χ4v) is 5.46. The number of sulfone groups is 1. The Balaban J connectivity index is 1.72. The fourth-order valence-electron chi connectivity index (χ4n) is 4.21. The Morgan fingerprint density at radius 1 is 1.26 bits per heavy atom. The van der Waals surface area contributed by atoms with E-state index in [1.165, 1.54) is 13.3 Å². The highest BCUT2D eigenvalue weighted by atomic mass is 32.2. The summed E-state index contributed by atoms with van der Waals surface area (Å²) in [6.07, 6.45) is 7.55. The molecule has 31 heavy (non-hydrogen) atoms. The second-order valence-electron chi connectivity index (χ2n) is 8.47. The molecule has 9 heteroatoms. The van der Waals surface area contributed by atoms with Crippen molar-refractivity contribution in [1.82, 2.24) is 0 Å². The van der Waals surface area contributed by atoms with E-state index in [1.807, 2.05) is 19.1 Å². The minimum Gasteiger partial charge on any atom is -0.489 e. The van der Waals surface area contributed by atoms with Gasteiger partial charge < -0.3 is 15.2 Å². The standard InChI is InChI=1S/C22H29N3O5S/c1-14-6-7-19-20(25(14)22(26)29-2)9-8-18(21(19)30-17-4-3-5-17)15(10-23)11-24-16-12-31(27,28)13-16/h8-11,14,16-17H,3-7,12-13,23H2,1-2H3/t14-/m0/s1. The summed E-state index contributed by atoms with van der Waals surface area (Å²) in [5.41, 5.74) is 9.17. The van der Waals surface area contributed by atoms with Gasteiger partial charge in [-0.25, -0.2) is 13.2 Å². The zero-order valence-corrected chi connectivity index (χ0v) is 18.7. The number of carbonyl (C=O) groups excluding carboxylic acids is 1. The first kappa shape index (κ1) is 21.7. The lowest BCUT2D eigenvalue weighted by molar-refractivity contribution is 0.118. The number of fused-ring (bicyclic) bond motifs is 1. The van der Waals surface area contributed by atoms with Crippen molar-refractivity contribution in [3.8, 4) is 5.75 Å². The minimum atomic E-state index is -2.94. The zero-order valence-electron chi connectivity index (χ0n) is 17.9. The number of hydrogen-bond donors (Lipinski definition) is 1. The Kier molecular flexibility index (Phi) is 5.96. The molecule has 1 amide bonds. The third-order valence-electron chi connectivity index (χ3n) is 6.26. The van der Waals surface area contributed by atoms with Crippen molar-refractivity contribution >= 4 is 33.4 Å². The van der Waals surface area contributed by atoms with E-state index in [1.54, 1.807) is 11.1 Å². The Hall–Kier alpha value is -2.55. The third kappa shape index (κ3) is 4.28. The minimum absolute atomic E-state index is 0.0222. The van der Waals surface area contributed by atoms with Gasteiger partial charge in [0.15, 0.2) is 9.84 Å². The van der Waals surface area contributed by atoms with Crippen molar-refractivity contribution in [1.29, 1.82) is 0 Å². The lowest BCUT2D eigenvalue weighted by Gasteiger charge is -2.37. The smallest absolute Gasteiger partial charge is 0.414 e. The summed E-state index contributed by atoms with van der Waals surface area (Å²) in [6.45, 7) is 2.00. The molecule has 2 fully saturated rings. The van der Waals surface area contributed by atoms with Crippen LogP contribution in [0, 0.1) is 0 Å². The van der Waals surface area contributed by atoms with Crippen LogP contribution in [0.1, 0.15) is 43.7 Å². The van der Waals surface area contributed by atoms with E-state index >= 15 is 0 Å².